The topological polar surface area (TPSA) is 72.4 Å². The van der Waals surface area contributed by atoms with Gasteiger partial charge in [0, 0.05) is 19.2 Å². The van der Waals surface area contributed by atoms with Crippen LogP contribution in [0.2, 0.25) is 0 Å². The van der Waals surface area contributed by atoms with E-state index in [1.165, 1.54) is 25.3 Å². The smallest absolute Gasteiger partial charge is 0.292 e. The van der Waals surface area contributed by atoms with E-state index >= 15 is 0 Å². The quantitative estimate of drug-likeness (QED) is 0.509. The maximum Gasteiger partial charge on any atom is 0.292 e. The number of anilines is 1. The van der Waals surface area contributed by atoms with Gasteiger partial charge in [-0.3, -0.25) is 15.0 Å². The summed E-state index contributed by atoms with van der Waals surface area (Å²) in [4.78, 5) is 12.9. The van der Waals surface area contributed by atoms with E-state index in [0.717, 1.165) is 18.7 Å². The monoisotopic (exact) mass is 277 g/mol. The molecule has 0 aromatic heterocycles. The minimum absolute atomic E-state index is 0.0129. The first-order valence-electron chi connectivity index (χ1n) is 7.25. The molecule has 2 N–H and O–H groups in total. The molecule has 1 heterocycles. The normalized spacial score (nSPS) is 18.3. The SMILES string of the molecule is CCC1(CC)CCN(Cc2cccc([N+](=O)[O-])c2N)C1. The Bertz CT molecular complexity index is 498. The summed E-state index contributed by atoms with van der Waals surface area (Å²) in [6, 6.07) is 5.07. The molecule has 1 aliphatic heterocycles. The summed E-state index contributed by atoms with van der Waals surface area (Å²) in [5, 5.41) is 10.9. The van der Waals surface area contributed by atoms with Gasteiger partial charge in [-0.05, 0) is 36.8 Å². The van der Waals surface area contributed by atoms with E-state index in [1.807, 2.05) is 6.07 Å². The van der Waals surface area contributed by atoms with Gasteiger partial charge in [0.15, 0.2) is 0 Å². The second-order valence-electron chi connectivity index (χ2n) is 5.77. The number of nitrogens with two attached hydrogens (primary N) is 1. The molecule has 0 amide bonds. The van der Waals surface area contributed by atoms with Crippen molar-refractivity contribution in [3.63, 3.8) is 0 Å². The lowest BCUT2D eigenvalue weighted by atomic mass is 9.82. The van der Waals surface area contributed by atoms with Gasteiger partial charge in [0.05, 0.1) is 4.92 Å². The van der Waals surface area contributed by atoms with Crippen molar-refractivity contribution >= 4 is 11.4 Å². The number of hydrogen-bond donors (Lipinski definition) is 1. The van der Waals surface area contributed by atoms with Gasteiger partial charge < -0.3 is 5.73 Å². The van der Waals surface area contributed by atoms with E-state index in [1.54, 1.807) is 6.07 Å². The fourth-order valence-electron chi connectivity index (χ4n) is 3.13. The fourth-order valence-corrected chi connectivity index (χ4v) is 3.13. The highest BCUT2D eigenvalue weighted by atomic mass is 16.6. The van der Waals surface area contributed by atoms with Crippen molar-refractivity contribution in [2.75, 3.05) is 18.8 Å². The number of likely N-dealkylation sites (tertiary alicyclic amines) is 1. The predicted octanol–water partition coefficient (Wildman–Crippen LogP) is 3.19. The van der Waals surface area contributed by atoms with Crippen LogP contribution in [0.3, 0.4) is 0 Å². The number of hydrogen-bond acceptors (Lipinski definition) is 4. The molecule has 0 atom stereocenters. The highest BCUT2D eigenvalue weighted by molar-refractivity contribution is 5.62. The Hall–Kier alpha value is -1.62. The summed E-state index contributed by atoms with van der Waals surface area (Å²) in [7, 11) is 0. The number of benzene rings is 1. The first kappa shape index (κ1) is 14.8. The van der Waals surface area contributed by atoms with Crippen LogP contribution in [0.15, 0.2) is 18.2 Å². The van der Waals surface area contributed by atoms with E-state index in [9.17, 15) is 10.1 Å². The van der Waals surface area contributed by atoms with Crippen molar-refractivity contribution in [2.24, 2.45) is 5.41 Å². The zero-order chi connectivity index (χ0) is 14.8. The Labute approximate surface area is 119 Å². The van der Waals surface area contributed by atoms with Crippen molar-refractivity contribution in [2.45, 2.75) is 39.7 Å². The minimum Gasteiger partial charge on any atom is -0.393 e. The van der Waals surface area contributed by atoms with Gasteiger partial charge in [0.1, 0.15) is 5.69 Å². The minimum atomic E-state index is -0.412. The van der Waals surface area contributed by atoms with Crippen LogP contribution in [-0.4, -0.2) is 22.9 Å². The van der Waals surface area contributed by atoms with Crippen molar-refractivity contribution < 1.29 is 4.92 Å². The Morgan fingerprint density at radius 1 is 1.40 bits per heavy atom. The second-order valence-corrected chi connectivity index (χ2v) is 5.77. The highest BCUT2D eigenvalue weighted by Crippen LogP contribution is 2.38. The van der Waals surface area contributed by atoms with Crippen molar-refractivity contribution in [3.05, 3.63) is 33.9 Å². The van der Waals surface area contributed by atoms with Crippen LogP contribution in [0.5, 0.6) is 0 Å². The van der Waals surface area contributed by atoms with Crippen LogP contribution >= 0.6 is 0 Å². The maximum absolute atomic E-state index is 10.9. The Morgan fingerprint density at radius 3 is 2.65 bits per heavy atom. The van der Waals surface area contributed by atoms with Gasteiger partial charge in [-0.15, -0.1) is 0 Å². The highest BCUT2D eigenvalue weighted by Gasteiger charge is 2.35. The predicted molar refractivity (Wildman–Crippen MR) is 80.4 cm³/mol. The molecule has 5 nitrogen and oxygen atoms in total. The summed E-state index contributed by atoms with van der Waals surface area (Å²) >= 11 is 0. The van der Waals surface area contributed by atoms with E-state index < -0.39 is 4.92 Å². The van der Waals surface area contributed by atoms with Gasteiger partial charge >= 0.3 is 0 Å². The molecule has 1 aliphatic rings. The molecule has 0 saturated carbocycles. The summed E-state index contributed by atoms with van der Waals surface area (Å²) in [5.41, 5.74) is 7.52. The van der Waals surface area contributed by atoms with Crippen molar-refractivity contribution in [3.8, 4) is 0 Å². The molecule has 1 saturated heterocycles. The molecule has 1 aromatic rings. The van der Waals surface area contributed by atoms with Crippen LogP contribution < -0.4 is 5.73 Å². The van der Waals surface area contributed by atoms with Crippen LogP contribution in [0, 0.1) is 15.5 Å². The lowest BCUT2D eigenvalue weighted by Crippen LogP contribution is -2.26. The fraction of sp³-hybridized carbons (Fsp3) is 0.600. The van der Waals surface area contributed by atoms with Crippen LogP contribution in [-0.2, 0) is 6.54 Å². The van der Waals surface area contributed by atoms with Crippen molar-refractivity contribution in [1.82, 2.24) is 4.90 Å². The number of para-hydroxylation sites is 1. The van der Waals surface area contributed by atoms with E-state index in [-0.39, 0.29) is 5.69 Å². The van der Waals surface area contributed by atoms with E-state index in [0.29, 0.717) is 17.6 Å². The molecule has 5 heteroatoms. The Kier molecular flexibility index (Phi) is 4.28. The average Bonchev–Trinajstić information content (AvgIpc) is 2.85. The molecular weight excluding hydrogens is 254 g/mol. The van der Waals surface area contributed by atoms with Crippen LogP contribution in [0.25, 0.3) is 0 Å². The van der Waals surface area contributed by atoms with Gasteiger partial charge in [-0.1, -0.05) is 26.0 Å². The van der Waals surface area contributed by atoms with Gasteiger partial charge in [0.25, 0.3) is 5.69 Å². The number of rotatable bonds is 5. The Balaban J connectivity index is 2.12. The number of nitro benzene ring substituents is 1. The summed E-state index contributed by atoms with van der Waals surface area (Å²) in [6.07, 6.45) is 3.57. The summed E-state index contributed by atoms with van der Waals surface area (Å²) < 4.78 is 0. The second kappa shape index (κ2) is 5.79. The third-order valence-corrected chi connectivity index (χ3v) is 4.78. The zero-order valence-corrected chi connectivity index (χ0v) is 12.3. The molecule has 1 fully saturated rings. The average molecular weight is 277 g/mol. The molecule has 0 bridgehead atoms. The zero-order valence-electron chi connectivity index (χ0n) is 12.3. The molecule has 20 heavy (non-hydrogen) atoms. The largest absolute Gasteiger partial charge is 0.393 e. The summed E-state index contributed by atoms with van der Waals surface area (Å²) in [6.45, 7) is 7.30. The maximum atomic E-state index is 10.9. The van der Waals surface area contributed by atoms with Crippen molar-refractivity contribution in [1.29, 1.82) is 0 Å². The lowest BCUT2D eigenvalue weighted by molar-refractivity contribution is -0.384. The van der Waals surface area contributed by atoms with Crippen LogP contribution in [0.1, 0.15) is 38.7 Å². The first-order chi connectivity index (χ1) is 9.51. The molecule has 0 spiro atoms. The third-order valence-electron chi connectivity index (χ3n) is 4.78. The van der Waals surface area contributed by atoms with Gasteiger partial charge in [0.2, 0.25) is 0 Å². The van der Waals surface area contributed by atoms with Crippen LogP contribution in [0.4, 0.5) is 11.4 Å². The van der Waals surface area contributed by atoms with Gasteiger partial charge in [-0.25, -0.2) is 0 Å². The number of nitro groups is 1. The standard InChI is InChI=1S/C15H23N3O2/c1-3-15(4-2)8-9-17(11-15)10-12-6-5-7-13(14(12)16)18(19)20/h5-7H,3-4,8-11,16H2,1-2H3. The molecule has 2 rings (SSSR count). The van der Waals surface area contributed by atoms with Gasteiger partial charge in [-0.2, -0.15) is 0 Å². The molecule has 1 aromatic carbocycles. The summed E-state index contributed by atoms with van der Waals surface area (Å²) in [5.74, 6) is 0. The third kappa shape index (κ3) is 2.77. The number of nitrogens with zero attached hydrogens (tertiary/aromatic N) is 2. The number of nitrogen functional groups attached to an aromatic ring is 1. The lowest BCUT2D eigenvalue weighted by Gasteiger charge is -2.26. The molecule has 0 unspecified atom stereocenters. The first-order valence-corrected chi connectivity index (χ1v) is 7.25. The molecule has 110 valence electrons. The van der Waals surface area contributed by atoms with E-state index in [2.05, 4.69) is 18.7 Å². The molecule has 0 radical (unpaired) electrons. The Morgan fingerprint density at radius 2 is 2.10 bits per heavy atom. The van der Waals surface area contributed by atoms with E-state index in [4.69, 9.17) is 5.73 Å². The molecule has 0 aliphatic carbocycles. The molecular formula is C15H23N3O2.